The van der Waals surface area contributed by atoms with Crippen molar-refractivity contribution in [2.75, 3.05) is 45.8 Å². The van der Waals surface area contributed by atoms with Gasteiger partial charge in [0.15, 0.2) is 0 Å². The number of unbranched alkanes of at least 4 members (excludes halogenated alkanes) is 2. The number of carbonyl (C=O) groups excluding carboxylic acids is 7. The van der Waals surface area contributed by atoms with Crippen LogP contribution in [0.4, 0.5) is 0 Å². The molecule has 63 heavy (non-hydrogen) atoms. The highest BCUT2D eigenvalue weighted by atomic mass is 16.2. The maximum absolute atomic E-state index is 13.9. The fraction of sp³-hybridized carbons (Fsp3) is 0.255. The van der Waals surface area contributed by atoms with Gasteiger partial charge in [-0.3, -0.25) is 48.3 Å². The van der Waals surface area contributed by atoms with Crippen molar-refractivity contribution in [3.63, 3.8) is 0 Å². The van der Waals surface area contributed by atoms with E-state index < -0.39 is 11.8 Å². The molecular weight excluding hydrogens is 803 g/mol. The van der Waals surface area contributed by atoms with Crippen LogP contribution in [0, 0.1) is 0 Å². The number of hydrogen-bond acceptors (Lipinski definition) is 10. The zero-order valence-electron chi connectivity index (χ0n) is 34.3. The Morgan fingerprint density at radius 3 is 1.62 bits per heavy atom. The van der Waals surface area contributed by atoms with Gasteiger partial charge in [-0.05, 0) is 62.2 Å². The Hall–Kier alpha value is -7.59. The number of benzene rings is 4. The third-order valence-corrected chi connectivity index (χ3v) is 11.9. The van der Waals surface area contributed by atoms with E-state index >= 15 is 0 Å². The number of nitrogens with zero attached hydrogens (tertiary/aromatic N) is 8. The van der Waals surface area contributed by atoms with E-state index in [9.17, 15) is 33.6 Å². The quantitative estimate of drug-likeness (QED) is 0.0953. The monoisotopic (exact) mass is 845 g/mol. The van der Waals surface area contributed by atoms with Gasteiger partial charge in [0.05, 0.1) is 24.0 Å². The van der Waals surface area contributed by atoms with Crippen LogP contribution < -0.4 is 5.32 Å². The predicted molar refractivity (Wildman–Crippen MR) is 231 cm³/mol. The van der Waals surface area contributed by atoms with Gasteiger partial charge in [0.25, 0.3) is 35.4 Å². The molecule has 3 aliphatic rings. The number of nitrogens with one attached hydrogen (secondary N) is 1. The zero-order chi connectivity index (χ0) is 43.6. The molecule has 0 spiro atoms. The first-order valence-corrected chi connectivity index (χ1v) is 21.0. The highest BCUT2D eigenvalue weighted by Crippen LogP contribution is 2.35. The lowest BCUT2D eigenvalue weighted by Crippen LogP contribution is -2.46. The zero-order valence-corrected chi connectivity index (χ0v) is 34.3. The Kier molecular flexibility index (Phi) is 11.3. The van der Waals surface area contributed by atoms with Crippen LogP contribution in [0.15, 0.2) is 110 Å². The first kappa shape index (κ1) is 40.8. The van der Waals surface area contributed by atoms with Crippen LogP contribution >= 0.6 is 0 Å². The van der Waals surface area contributed by atoms with Crippen molar-refractivity contribution in [3.8, 4) is 11.4 Å². The lowest BCUT2D eigenvalue weighted by Gasteiger charge is -2.31. The minimum Gasteiger partial charge on any atom is -0.341 e. The second-order valence-electron chi connectivity index (χ2n) is 15.6. The van der Waals surface area contributed by atoms with E-state index in [1.54, 1.807) is 66.5 Å². The average Bonchev–Trinajstić information content (AvgIpc) is 4.10. The Bertz CT molecular complexity index is 2790. The fourth-order valence-corrected chi connectivity index (χ4v) is 8.75. The van der Waals surface area contributed by atoms with Crippen molar-refractivity contribution in [3.05, 3.63) is 133 Å². The number of imide groups is 3. The highest BCUT2D eigenvalue weighted by molar-refractivity contribution is 6.27. The van der Waals surface area contributed by atoms with Crippen molar-refractivity contribution in [1.29, 1.82) is 0 Å². The normalized spacial score (nSPS) is 14.6. The lowest BCUT2D eigenvalue weighted by molar-refractivity contribution is -0.137. The van der Waals surface area contributed by atoms with Gasteiger partial charge in [-0.2, -0.15) is 0 Å². The molecule has 0 aliphatic carbocycles. The van der Waals surface area contributed by atoms with E-state index in [1.165, 1.54) is 26.9 Å². The van der Waals surface area contributed by atoms with E-state index in [0.29, 0.717) is 78.3 Å². The van der Waals surface area contributed by atoms with Crippen LogP contribution in [0.3, 0.4) is 0 Å². The molecule has 318 valence electrons. The summed E-state index contributed by atoms with van der Waals surface area (Å²) >= 11 is 0. The van der Waals surface area contributed by atoms with Crippen molar-refractivity contribution >= 4 is 62.9 Å². The topological polar surface area (TPSA) is 180 Å². The summed E-state index contributed by atoms with van der Waals surface area (Å²) in [6, 6.07) is 18.0. The van der Waals surface area contributed by atoms with Gasteiger partial charge in [0, 0.05) is 126 Å². The van der Waals surface area contributed by atoms with Crippen molar-refractivity contribution in [2.45, 2.75) is 32.1 Å². The molecule has 0 unspecified atom stereocenters. The molecular formula is C47H43N9O7. The summed E-state index contributed by atoms with van der Waals surface area (Å²) in [5, 5.41) is 6.04. The van der Waals surface area contributed by atoms with Gasteiger partial charge in [-0.25, -0.2) is 9.97 Å². The summed E-state index contributed by atoms with van der Waals surface area (Å²) < 4.78 is 3.67. The minimum absolute atomic E-state index is 0.0145. The van der Waals surface area contributed by atoms with Crippen LogP contribution in [-0.4, -0.2) is 126 Å². The molecule has 9 rings (SSSR count). The van der Waals surface area contributed by atoms with E-state index in [-0.39, 0.29) is 62.1 Å². The molecule has 0 radical (unpaired) electrons. The molecule has 0 fully saturated rings. The summed E-state index contributed by atoms with van der Waals surface area (Å²) in [7, 11) is 0. The van der Waals surface area contributed by atoms with Crippen molar-refractivity contribution in [1.82, 2.24) is 44.0 Å². The largest absolute Gasteiger partial charge is 0.341 e. The van der Waals surface area contributed by atoms with E-state index in [0.717, 1.165) is 22.1 Å². The standard InChI is InChI=1S/C47H43N9O7/c57-39(11-2-1-3-23-54-40(58)16-17-41(54)59)51(27-28-56-45(61)34-10-5-8-32-38(53-25-20-50-30-53)15-13-36(43(32)34)47(56)63)22-6-18-48-21-26-55-44(60)33-9-4-7-31-37(52-24-19-49-29-52)14-12-35(42(31)33)46(55)62/h4-5,7-10,12-17,19-20,24-25,29-30,48H,1-3,6,11,18,21-23,26-28H2. The Morgan fingerprint density at radius 2 is 1.08 bits per heavy atom. The van der Waals surface area contributed by atoms with Gasteiger partial charge in [0.1, 0.15) is 0 Å². The second kappa shape index (κ2) is 17.4. The highest BCUT2D eigenvalue weighted by Gasteiger charge is 2.35. The Labute approximate surface area is 361 Å². The molecule has 16 heteroatoms. The molecule has 0 atom stereocenters. The van der Waals surface area contributed by atoms with E-state index in [1.807, 2.05) is 45.7 Å². The molecule has 4 aromatic carbocycles. The van der Waals surface area contributed by atoms with Gasteiger partial charge in [-0.15, -0.1) is 0 Å². The molecule has 2 aromatic heterocycles. The fourth-order valence-electron chi connectivity index (χ4n) is 8.75. The maximum atomic E-state index is 13.9. The number of amides is 7. The van der Waals surface area contributed by atoms with Crippen LogP contribution in [-0.2, 0) is 14.4 Å². The lowest BCUT2D eigenvalue weighted by atomic mass is 9.93. The molecule has 6 aromatic rings. The number of aromatic nitrogens is 4. The first-order chi connectivity index (χ1) is 30.7. The van der Waals surface area contributed by atoms with Gasteiger partial charge in [-0.1, -0.05) is 30.7 Å². The molecule has 7 amide bonds. The molecule has 0 saturated heterocycles. The molecule has 3 aliphatic heterocycles. The summed E-state index contributed by atoms with van der Waals surface area (Å²) in [6.45, 7) is 1.62. The van der Waals surface area contributed by atoms with Gasteiger partial charge in [0.2, 0.25) is 5.91 Å². The first-order valence-electron chi connectivity index (χ1n) is 21.0. The number of rotatable bonds is 18. The summed E-state index contributed by atoms with van der Waals surface area (Å²) in [6.07, 6.45) is 15.2. The van der Waals surface area contributed by atoms with E-state index in [2.05, 4.69) is 15.3 Å². The Morgan fingerprint density at radius 1 is 0.540 bits per heavy atom. The predicted octanol–water partition coefficient (Wildman–Crippen LogP) is 4.55. The van der Waals surface area contributed by atoms with E-state index in [4.69, 9.17) is 0 Å². The molecule has 1 N–H and O–H groups in total. The smallest absolute Gasteiger partial charge is 0.261 e. The third-order valence-electron chi connectivity index (χ3n) is 11.9. The van der Waals surface area contributed by atoms with Crippen LogP contribution in [0.5, 0.6) is 0 Å². The summed E-state index contributed by atoms with van der Waals surface area (Å²) in [5.41, 5.74) is 3.33. The number of hydrogen-bond donors (Lipinski definition) is 1. The average molecular weight is 846 g/mol. The maximum Gasteiger partial charge on any atom is 0.261 e. The second-order valence-corrected chi connectivity index (χ2v) is 15.6. The molecule has 0 bridgehead atoms. The number of carbonyl (C=O) groups is 7. The molecule has 16 nitrogen and oxygen atoms in total. The van der Waals surface area contributed by atoms with Crippen LogP contribution in [0.1, 0.15) is 73.5 Å². The minimum atomic E-state index is -0.435. The third kappa shape index (κ3) is 7.69. The summed E-state index contributed by atoms with van der Waals surface area (Å²) in [5.74, 6) is -2.43. The Balaban J connectivity index is 0.828. The summed E-state index contributed by atoms with van der Waals surface area (Å²) in [4.78, 5) is 106. The van der Waals surface area contributed by atoms with Crippen LogP contribution in [0.2, 0.25) is 0 Å². The van der Waals surface area contributed by atoms with Crippen LogP contribution in [0.25, 0.3) is 32.9 Å². The SMILES string of the molecule is O=C(CCCCCN1C(=O)C=CC1=O)N(CCCNCCN1C(=O)c2cccc3c(-n4ccnc4)ccc(c23)C1=O)CCN1C(=O)c2cccc3c(-n4ccnc4)ccc(c23)C1=O. The molecule has 0 saturated carbocycles. The van der Waals surface area contributed by atoms with Gasteiger partial charge >= 0.3 is 0 Å². The number of imidazole rings is 2. The van der Waals surface area contributed by atoms with Crippen molar-refractivity contribution < 1.29 is 33.6 Å². The van der Waals surface area contributed by atoms with Gasteiger partial charge < -0.3 is 19.4 Å². The molecule has 5 heterocycles. The van der Waals surface area contributed by atoms with Crippen molar-refractivity contribution in [2.24, 2.45) is 0 Å².